The maximum atomic E-state index is 12.1. The first-order chi connectivity index (χ1) is 9.49. The molecule has 2 N–H and O–H groups in total. The highest BCUT2D eigenvalue weighted by atomic mass is 35.5. The predicted octanol–water partition coefficient (Wildman–Crippen LogP) is 3.60. The van der Waals surface area contributed by atoms with Gasteiger partial charge in [-0.2, -0.15) is 0 Å². The summed E-state index contributed by atoms with van der Waals surface area (Å²) < 4.78 is 0. The summed E-state index contributed by atoms with van der Waals surface area (Å²) >= 11 is 5.76. The molecule has 0 saturated carbocycles. The molecule has 1 amide bonds. The molecule has 0 saturated heterocycles. The van der Waals surface area contributed by atoms with Crippen molar-refractivity contribution in [2.45, 2.75) is 6.92 Å². The second-order valence-electron chi connectivity index (χ2n) is 4.26. The van der Waals surface area contributed by atoms with Crippen molar-refractivity contribution in [3.8, 4) is 0 Å². The molecular formula is C15H12ClNO3. The number of carboxylic acids is 1. The van der Waals surface area contributed by atoms with Gasteiger partial charge < -0.3 is 10.4 Å². The third-order valence-electron chi connectivity index (χ3n) is 2.85. The fourth-order valence-corrected chi connectivity index (χ4v) is 1.92. The highest BCUT2D eigenvalue weighted by Crippen LogP contribution is 2.21. The van der Waals surface area contributed by atoms with E-state index < -0.39 is 5.97 Å². The largest absolute Gasteiger partial charge is 0.478 e. The molecule has 0 spiro atoms. The number of rotatable bonds is 3. The first-order valence-electron chi connectivity index (χ1n) is 5.89. The van der Waals surface area contributed by atoms with Gasteiger partial charge in [0.15, 0.2) is 0 Å². The summed E-state index contributed by atoms with van der Waals surface area (Å²) in [5.74, 6) is -1.46. The van der Waals surface area contributed by atoms with Gasteiger partial charge >= 0.3 is 5.97 Å². The van der Waals surface area contributed by atoms with E-state index in [1.807, 2.05) is 0 Å². The molecule has 0 aliphatic rings. The van der Waals surface area contributed by atoms with Gasteiger partial charge in [0, 0.05) is 10.6 Å². The standard InChI is InChI=1S/C15H12ClNO3/c1-9-3-2-4-12(15(19)20)13(9)17-14(18)10-5-7-11(16)8-6-10/h2-8H,1H3,(H,17,18)(H,19,20). The molecule has 0 fully saturated rings. The molecule has 20 heavy (non-hydrogen) atoms. The molecule has 2 rings (SSSR count). The summed E-state index contributed by atoms with van der Waals surface area (Å²) in [7, 11) is 0. The topological polar surface area (TPSA) is 66.4 Å². The SMILES string of the molecule is Cc1cccc(C(=O)O)c1NC(=O)c1ccc(Cl)cc1. The quantitative estimate of drug-likeness (QED) is 0.907. The van der Waals surface area contributed by atoms with E-state index in [0.29, 0.717) is 21.8 Å². The van der Waals surface area contributed by atoms with Gasteiger partial charge in [-0.3, -0.25) is 4.79 Å². The van der Waals surface area contributed by atoms with E-state index in [0.717, 1.165) is 0 Å². The van der Waals surface area contributed by atoms with E-state index in [4.69, 9.17) is 16.7 Å². The number of carbonyl (C=O) groups is 2. The third-order valence-corrected chi connectivity index (χ3v) is 3.10. The number of halogens is 1. The Kier molecular flexibility index (Phi) is 4.05. The van der Waals surface area contributed by atoms with E-state index in [1.165, 1.54) is 6.07 Å². The Labute approximate surface area is 121 Å². The molecule has 0 aliphatic heterocycles. The number of carboxylic acid groups (broad SMARTS) is 1. The van der Waals surface area contributed by atoms with E-state index in [1.54, 1.807) is 43.3 Å². The maximum Gasteiger partial charge on any atom is 0.337 e. The third kappa shape index (κ3) is 2.97. The molecule has 102 valence electrons. The average molecular weight is 290 g/mol. The number of para-hydroxylation sites is 1. The molecule has 0 heterocycles. The molecular weight excluding hydrogens is 278 g/mol. The molecule has 2 aromatic carbocycles. The lowest BCUT2D eigenvalue weighted by Crippen LogP contribution is -2.15. The summed E-state index contributed by atoms with van der Waals surface area (Å²) in [5.41, 5.74) is 1.47. The van der Waals surface area contributed by atoms with Crippen molar-refractivity contribution >= 4 is 29.2 Å². The number of nitrogens with one attached hydrogen (secondary N) is 1. The van der Waals surface area contributed by atoms with Gasteiger partial charge in [0.25, 0.3) is 5.91 Å². The van der Waals surface area contributed by atoms with Crippen LogP contribution >= 0.6 is 11.6 Å². The number of amides is 1. The molecule has 0 bridgehead atoms. The molecule has 0 atom stereocenters. The van der Waals surface area contributed by atoms with Crippen molar-refractivity contribution in [3.05, 3.63) is 64.2 Å². The van der Waals surface area contributed by atoms with E-state index >= 15 is 0 Å². The normalized spacial score (nSPS) is 10.1. The number of hydrogen-bond acceptors (Lipinski definition) is 2. The van der Waals surface area contributed by atoms with Gasteiger partial charge in [-0.1, -0.05) is 23.7 Å². The van der Waals surface area contributed by atoms with Crippen molar-refractivity contribution < 1.29 is 14.7 Å². The minimum atomic E-state index is -1.08. The fraction of sp³-hybridized carbons (Fsp3) is 0.0667. The van der Waals surface area contributed by atoms with Crippen LogP contribution < -0.4 is 5.32 Å². The first-order valence-corrected chi connectivity index (χ1v) is 6.26. The van der Waals surface area contributed by atoms with Gasteiger partial charge in [0.05, 0.1) is 11.3 Å². The summed E-state index contributed by atoms with van der Waals surface area (Å²) in [4.78, 5) is 23.3. The number of benzene rings is 2. The van der Waals surface area contributed by atoms with Gasteiger partial charge in [0.1, 0.15) is 0 Å². The Morgan fingerprint density at radius 1 is 1.10 bits per heavy atom. The minimum Gasteiger partial charge on any atom is -0.478 e. The fourth-order valence-electron chi connectivity index (χ4n) is 1.80. The van der Waals surface area contributed by atoms with Crippen LogP contribution in [0.4, 0.5) is 5.69 Å². The van der Waals surface area contributed by atoms with Crippen LogP contribution in [0.3, 0.4) is 0 Å². The van der Waals surface area contributed by atoms with E-state index in [-0.39, 0.29) is 11.5 Å². The summed E-state index contributed by atoms with van der Waals surface area (Å²) in [6.45, 7) is 1.74. The Balaban J connectivity index is 2.32. The lowest BCUT2D eigenvalue weighted by atomic mass is 10.1. The molecule has 0 aromatic heterocycles. The second kappa shape index (κ2) is 5.75. The van der Waals surface area contributed by atoms with Crippen LogP contribution in [0.1, 0.15) is 26.3 Å². The smallest absolute Gasteiger partial charge is 0.337 e. The highest BCUT2D eigenvalue weighted by molar-refractivity contribution is 6.30. The van der Waals surface area contributed by atoms with Crippen molar-refractivity contribution in [2.24, 2.45) is 0 Å². The highest BCUT2D eigenvalue weighted by Gasteiger charge is 2.15. The van der Waals surface area contributed by atoms with Crippen molar-refractivity contribution in [2.75, 3.05) is 5.32 Å². The summed E-state index contributed by atoms with van der Waals surface area (Å²) in [6.07, 6.45) is 0. The summed E-state index contributed by atoms with van der Waals surface area (Å²) in [6, 6.07) is 11.2. The number of carbonyl (C=O) groups excluding carboxylic acids is 1. The Morgan fingerprint density at radius 2 is 1.75 bits per heavy atom. The number of aryl methyl sites for hydroxylation is 1. The van der Waals surface area contributed by atoms with Gasteiger partial charge in [0.2, 0.25) is 0 Å². The Bertz CT molecular complexity index is 665. The van der Waals surface area contributed by atoms with Crippen LogP contribution in [0.15, 0.2) is 42.5 Å². The van der Waals surface area contributed by atoms with Crippen molar-refractivity contribution in [1.29, 1.82) is 0 Å². The lowest BCUT2D eigenvalue weighted by Gasteiger charge is -2.11. The molecule has 0 aliphatic carbocycles. The first kappa shape index (κ1) is 14.1. The van der Waals surface area contributed by atoms with E-state index in [9.17, 15) is 9.59 Å². The Morgan fingerprint density at radius 3 is 2.35 bits per heavy atom. The van der Waals surface area contributed by atoms with Crippen molar-refractivity contribution in [3.63, 3.8) is 0 Å². The zero-order valence-electron chi connectivity index (χ0n) is 10.7. The van der Waals surface area contributed by atoms with Crippen LogP contribution in [0.25, 0.3) is 0 Å². The monoisotopic (exact) mass is 289 g/mol. The molecule has 5 heteroatoms. The Hall–Kier alpha value is -2.33. The van der Waals surface area contributed by atoms with Crippen LogP contribution in [-0.2, 0) is 0 Å². The van der Waals surface area contributed by atoms with Gasteiger partial charge in [-0.15, -0.1) is 0 Å². The number of anilines is 1. The summed E-state index contributed by atoms with van der Waals surface area (Å²) in [5, 5.41) is 12.3. The minimum absolute atomic E-state index is 0.0623. The lowest BCUT2D eigenvalue weighted by molar-refractivity contribution is 0.0698. The zero-order chi connectivity index (χ0) is 14.7. The van der Waals surface area contributed by atoms with E-state index in [2.05, 4.69) is 5.32 Å². The van der Waals surface area contributed by atoms with Gasteiger partial charge in [-0.05, 0) is 42.8 Å². The van der Waals surface area contributed by atoms with Crippen LogP contribution in [0.2, 0.25) is 5.02 Å². The maximum absolute atomic E-state index is 12.1. The van der Waals surface area contributed by atoms with Gasteiger partial charge in [-0.25, -0.2) is 4.79 Å². The van der Waals surface area contributed by atoms with Crippen LogP contribution in [-0.4, -0.2) is 17.0 Å². The van der Waals surface area contributed by atoms with Crippen LogP contribution in [0, 0.1) is 6.92 Å². The molecule has 0 radical (unpaired) electrons. The predicted molar refractivity (Wildman–Crippen MR) is 77.5 cm³/mol. The number of aromatic carboxylic acids is 1. The molecule has 4 nitrogen and oxygen atoms in total. The molecule has 2 aromatic rings. The second-order valence-corrected chi connectivity index (χ2v) is 4.70. The van der Waals surface area contributed by atoms with Crippen LogP contribution in [0.5, 0.6) is 0 Å². The average Bonchev–Trinajstić information content (AvgIpc) is 2.41. The van der Waals surface area contributed by atoms with Crippen molar-refractivity contribution in [1.82, 2.24) is 0 Å². The number of hydrogen-bond donors (Lipinski definition) is 2. The zero-order valence-corrected chi connectivity index (χ0v) is 11.4. The molecule has 0 unspecified atom stereocenters.